The van der Waals surface area contributed by atoms with Gasteiger partial charge >= 0.3 is 6.09 Å². The third kappa shape index (κ3) is 7.08. The number of benzene rings is 1. The van der Waals surface area contributed by atoms with Crippen LogP contribution in [0.3, 0.4) is 0 Å². The molecule has 1 atom stereocenters. The van der Waals surface area contributed by atoms with Crippen LogP contribution in [0.15, 0.2) is 18.2 Å². The topological polar surface area (TPSA) is 83.6 Å². The zero-order valence-electron chi connectivity index (χ0n) is 17.9. The minimum Gasteiger partial charge on any atom is -0.493 e. The Labute approximate surface area is 181 Å². The van der Waals surface area contributed by atoms with Crippen LogP contribution in [0.4, 0.5) is 20.6 Å². The van der Waals surface area contributed by atoms with Crippen molar-refractivity contribution in [2.45, 2.75) is 13.0 Å². The van der Waals surface area contributed by atoms with E-state index in [4.69, 9.17) is 9.47 Å². The standard InChI is InChI=1S/C15H18FN3O4.C2H7N.C2H4OS/c1-10-6-19(15(21)23-10)11-3-4-13(12(16)5-11)17-7-14(20)18(8-17)9-22-2;1-3-2;1-3-2-4/h3-5,10H,6-9H2,1-2H3;3H,1-2H3;2H,1H3. The van der Waals surface area contributed by atoms with E-state index in [2.05, 4.69) is 22.3 Å². The van der Waals surface area contributed by atoms with Crippen molar-refractivity contribution in [3.05, 3.63) is 24.0 Å². The lowest BCUT2D eigenvalue weighted by atomic mass is 10.2. The maximum atomic E-state index is 14.4. The average molecular weight is 445 g/mol. The Morgan fingerprint density at radius 3 is 2.43 bits per heavy atom. The SMILES string of the molecule is CNC.COC=S.COCN1CN(c2ccc(N3CC(C)OC3=O)cc2F)CC1=O. The van der Waals surface area contributed by atoms with Crippen LogP contribution >= 0.6 is 12.2 Å². The molecule has 1 unspecified atom stereocenters. The van der Waals surface area contributed by atoms with Gasteiger partial charge in [-0.3, -0.25) is 9.69 Å². The molecule has 0 spiro atoms. The largest absolute Gasteiger partial charge is 0.493 e. The van der Waals surface area contributed by atoms with Crippen molar-refractivity contribution < 1.29 is 28.2 Å². The lowest BCUT2D eigenvalue weighted by Crippen LogP contribution is -2.29. The van der Waals surface area contributed by atoms with Gasteiger partial charge in [0.25, 0.3) is 0 Å². The Balaban J connectivity index is 0.000000564. The van der Waals surface area contributed by atoms with Gasteiger partial charge in [0.15, 0.2) is 0 Å². The molecule has 0 saturated carbocycles. The van der Waals surface area contributed by atoms with Crippen LogP contribution in [0.2, 0.25) is 0 Å². The number of anilines is 2. The molecule has 1 N–H and O–H groups in total. The zero-order chi connectivity index (χ0) is 22.7. The summed E-state index contributed by atoms with van der Waals surface area (Å²) in [4.78, 5) is 28.0. The number of cyclic esters (lactones) is 1. The summed E-state index contributed by atoms with van der Waals surface area (Å²) in [5, 5.41) is 2.75. The zero-order valence-corrected chi connectivity index (χ0v) is 18.7. The van der Waals surface area contributed by atoms with Crippen LogP contribution in [0, 0.1) is 5.82 Å². The summed E-state index contributed by atoms with van der Waals surface area (Å²) in [6.45, 7) is 2.71. The summed E-state index contributed by atoms with van der Waals surface area (Å²) in [6.07, 6.45) is -0.698. The highest BCUT2D eigenvalue weighted by Gasteiger charge is 2.32. The Hall–Kier alpha value is -2.50. The maximum Gasteiger partial charge on any atom is 0.414 e. The second-order valence-corrected chi connectivity index (χ2v) is 6.66. The van der Waals surface area contributed by atoms with Crippen molar-refractivity contribution in [2.24, 2.45) is 0 Å². The summed E-state index contributed by atoms with van der Waals surface area (Å²) in [6, 6.07) is 4.52. The number of ether oxygens (including phenoxy) is 3. The molecule has 2 aliphatic rings. The number of methoxy groups -OCH3 is 2. The molecule has 2 aliphatic heterocycles. The van der Waals surface area contributed by atoms with Crippen LogP contribution in [-0.2, 0) is 19.0 Å². The van der Waals surface area contributed by atoms with Crippen LogP contribution in [-0.4, -0.2) is 83.4 Å². The fraction of sp³-hybridized carbons (Fsp3) is 0.526. The monoisotopic (exact) mass is 444 g/mol. The van der Waals surface area contributed by atoms with Gasteiger partial charge in [-0.25, -0.2) is 9.18 Å². The number of carbonyl (C=O) groups is 2. The molecule has 0 aliphatic carbocycles. The molecule has 0 aromatic heterocycles. The van der Waals surface area contributed by atoms with Crippen molar-refractivity contribution in [1.82, 2.24) is 10.2 Å². The van der Waals surface area contributed by atoms with Gasteiger partial charge < -0.3 is 29.3 Å². The average Bonchev–Trinajstić information content (AvgIpc) is 3.24. The van der Waals surface area contributed by atoms with Gasteiger partial charge in [-0.2, -0.15) is 0 Å². The number of nitrogens with one attached hydrogen (secondary N) is 1. The second-order valence-electron chi connectivity index (χ2n) is 6.46. The predicted octanol–water partition coefficient (Wildman–Crippen LogP) is 1.81. The van der Waals surface area contributed by atoms with Crippen LogP contribution in [0.1, 0.15) is 6.92 Å². The lowest BCUT2D eigenvalue weighted by Gasteiger charge is -2.21. The normalized spacial score (nSPS) is 17.7. The van der Waals surface area contributed by atoms with E-state index in [-0.39, 0.29) is 32.0 Å². The number of rotatable bonds is 5. The Morgan fingerprint density at radius 1 is 1.33 bits per heavy atom. The van der Waals surface area contributed by atoms with E-state index in [1.807, 2.05) is 14.1 Å². The predicted molar refractivity (Wildman–Crippen MR) is 116 cm³/mol. The third-order valence-electron chi connectivity index (χ3n) is 3.95. The first-order valence-corrected chi connectivity index (χ1v) is 9.64. The van der Waals surface area contributed by atoms with Crippen molar-refractivity contribution in [2.75, 3.05) is 64.6 Å². The minimum absolute atomic E-state index is 0.0996. The van der Waals surface area contributed by atoms with Crippen molar-refractivity contribution in [3.63, 3.8) is 0 Å². The smallest absolute Gasteiger partial charge is 0.414 e. The summed E-state index contributed by atoms with van der Waals surface area (Å²) in [5.74, 6) is -0.603. The first kappa shape index (κ1) is 25.5. The number of thiocarbonyl (C=S) groups is 1. The summed E-state index contributed by atoms with van der Waals surface area (Å²) < 4.78 is 28.7. The molecule has 1 aromatic rings. The van der Waals surface area contributed by atoms with E-state index in [1.54, 1.807) is 24.0 Å². The summed E-state index contributed by atoms with van der Waals surface area (Å²) in [5.41, 5.74) is 1.97. The van der Waals surface area contributed by atoms with Gasteiger partial charge in [-0.05, 0) is 51.4 Å². The van der Waals surface area contributed by atoms with Gasteiger partial charge in [0.05, 0.1) is 38.2 Å². The number of carbonyl (C=O) groups excluding carboxylic acids is 2. The number of halogens is 1. The molecular formula is C19H29FN4O5S. The van der Waals surface area contributed by atoms with Gasteiger partial charge in [-0.1, -0.05) is 0 Å². The highest BCUT2D eigenvalue weighted by atomic mass is 32.1. The van der Waals surface area contributed by atoms with Crippen LogP contribution in [0.5, 0.6) is 0 Å². The summed E-state index contributed by atoms with van der Waals surface area (Å²) in [7, 11) is 6.77. The van der Waals surface area contributed by atoms with Gasteiger partial charge in [-0.15, -0.1) is 0 Å². The van der Waals surface area contributed by atoms with Crippen molar-refractivity contribution >= 4 is 41.1 Å². The fourth-order valence-electron chi connectivity index (χ4n) is 2.76. The molecule has 3 rings (SSSR count). The number of nitrogens with zero attached hydrogens (tertiary/aromatic N) is 3. The van der Waals surface area contributed by atoms with Gasteiger partial charge in [0, 0.05) is 7.11 Å². The Morgan fingerprint density at radius 2 is 1.97 bits per heavy atom. The Kier molecular flexibility index (Phi) is 11.0. The van der Waals surface area contributed by atoms with E-state index < -0.39 is 11.9 Å². The molecule has 2 fully saturated rings. The molecule has 168 valence electrons. The van der Waals surface area contributed by atoms with E-state index in [9.17, 15) is 14.0 Å². The number of hydrogen-bond donors (Lipinski definition) is 1. The fourth-order valence-corrected chi connectivity index (χ4v) is 2.76. The first-order valence-electron chi connectivity index (χ1n) is 9.17. The first-order chi connectivity index (χ1) is 14.3. The Bertz CT molecular complexity index is 724. The molecule has 0 bridgehead atoms. The molecule has 2 amide bonds. The van der Waals surface area contributed by atoms with Crippen molar-refractivity contribution in [1.29, 1.82) is 0 Å². The number of hydrogen-bond acceptors (Lipinski definition) is 8. The molecule has 2 saturated heterocycles. The maximum absolute atomic E-state index is 14.4. The third-order valence-corrected chi connectivity index (χ3v) is 4.14. The second kappa shape index (κ2) is 12.9. The van der Waals surface area contributed by atoms with E-state index in [0.29, 0.717) is 17.9 Å². The van der Waals surface area contributed by atoms with Gasteiger partial charge in [0.2, 0.25) is 5.91 Å². The quantitative estimate of drug-likeness (QED) is 0.689. The molecular weight excluding hydrogens is 415 g/mol. The van der Waals surface area contributed by atoms with E-state index in [0.717, 1.165) is 0 Å². The molecule has 2 heterocycles. The van der Waals surface area contributed by atoms with Crippen LogP contribution < -0.4 is 15.1 Å². The van der Waals surface area contributed by atoms with Gasteiger partial charge in [0.1, 0.15) is 24.2 Å². The molecule has 30 heavy (non-hydrogen) atoms. The molecule has 0 radical (unpaired) electrons. The molecule has 11 heteroatoms. The molecule has 1 aromatic carbocycles. The van der Waals surface area contributed by atoms with Crippen LogP contribution in [0.25, 0.3) is 0 Å². The van der Waals surface area contributed by atoms with E-state index in [1.165, 1.54) is 35.6 Å². The summed E-state index contributed by atoms with van der Waals surface area (Å²) >= 11 is 4.21. The number of amides is 2. The molecule has 9 nitrogen and oxygen atoms in total. The van der Waals surface area contributed by atoms with Crippen molar-refractivity contribution in [3.8, 4) is 0 Å². The highest BCUT2D eigenvalue weighted by molar-refractivity contribution is 7.78. The van der Waals surface area contributed by atoms with E-state index >= 15 is 0 Å². The lowest BCUT2D eigenvalue weighted by molar-refractivity contribution is -0.130. The minimum atomic E-state index is -0.484. The highest BCUT2D eigenvalue weighted by Crippen LogP contribution is 2.29.